The third kappa shape index (κ3) is 5.19. The minimum absolute atomic E-state index is 0.335. The summed E-state index contributed by atoms with van der Waals surface area (Å²) in [4.78, 5) is 10.2. The minimum Gasteiger partial charge on any atom is -0.505 e. The first-order chi connectivity index (χ1) is 11.5. The van der Waals surface area contributed by atoms with Crippen molar-refractivity contribution in [1.29, 1.82) is 0 Å². The van der Waals surface area contributed by atoms with E-state index in [0.717, 1.165) is 30.2 Å². The second kappa shape index (κ2) is 8.63. The third-order valence-corrected chi connectivity index (χ3v) is 4.61. The average molecular weight is 350 g/mol. The number of halogens is 1. The number of aromatic nitrogens is 1. The Balaban J connectivity index is 1.91. The molecule has 0 radical (unpaired) electrons. The molecule has 0 aliphatic carbocycles. The SMILES string of the molecule is CCNC(=NCc1ccc(O)c(F)c1)NCCc1nc(C)c(C)s1. The number of phenols is 1. The van der Waals surface area contributed by atoms with Gasteiger partial charge >= 0.3 is 0 Å². The van der Waals surface area contributed by atoms with Crippen molar-refractivity contribution in [3.63, 3.8) is 0 Å². The van der Waals surface area contributed by atoms with E-state index in [4.69, 9.17) is 0 Å². The van der Waals surface area contributed by atoms with E-state index in [9.17, 15) is 9.50 Å². The zero-order valence-electron chi connectivity index (χ0n) is 14.2. The molecular formula is C17H23FN4OS. The van der Waals surface area contributed by atoms with Crippen molar-refractivity contribution in [3.8, 4) is 5.75 Å². The maximum Gasteiger partial charge on any atom is 0.191 e. The second-order valence-corrected chi connectivity index (χ2v) is 6.69. The van der Waals surface area contributed by atoms with Crippen LogP contribution in [-0.2, 0) is 13.0 Å². The first-order valence-corrected chi connectivity index (χ1v) is 8.73. The van der Waals surface area contributed by atoms with Gasteiger partial charge in [0.15, 0.2) is 17.5 Å². The highest BCUT2D eigenvalue weighted by molar-refractivity contribution is 7.11. The maximum atomic E-state index is 13.3. The smallest absolute Gasteiger partial charge is 0.191 e. The lowest BCUT2D eigenvalue weighted by Crippen LogP contribution is -2.38. The first-order valence-electron chi connectivity index (χ1n) is 7.92. The van der Waals surface area contributed by atoms with E-state index in [1.165, 1.54) is 17.0 Å². The number of phenolic OH excluding ortho intramolecular Hbond substituents is 1. The molecule has 3 N–H and O–H groups in total. The number of rotatable bonds is 6. The quantitative estimate of drug-likeness (QED) is 0.553. The molecule has 0 spiro atoms. The highest BCUT2D eigenvalue weighted by Crippen LogP contribution is 2.17. The number of aliphatic imine (C=N–C) groups is 1. The maximum absolute atomic E-state index is 13.3. The van der Waals surface area contributed by atoms with Crippen LogP contribution in [0.3, 0.4) is 0 Å². The van der Waals surface area contributed by atoms with Crippen molar-refractivity contribution in [2.45, 2.75) is 33.7 Å². The topological polar surface area (TPSA) is 69.5 Å². The number of nitrogens with one attached hydrogen (secondary N) is 2. The zero-order valence-corrected chi connectivity index (χ0v) is 15.0. The molecule has 1 aromatic heterocycles. The van der Waals surface area contributed by atoms with Crippen molar-refractivity contribution in [1.82, 2.24) is 15.6 Å². The standard InChI is InChI=1S/C17H23FN4OS/c1-4-19-17(20-8-7-16-22-11(2)12(3)24-16)21-10-13-5-6-15(23)14(18)9-13/h5-6,9,23H,4,7-8,10H2,1-3H3,(H2,19,20,21). The number of guanidine groups is 1. The Morgan fingerprint density at radius 1 is 1.33 bits per heavy atom. The molecule has 1 heterocycles. The van der Waals surface area contributed by atoms with Crippen LogP contribution in [0.25, 0.3) is 0 Å². The summed E-state index contributed by atoms with van der Waals surface area (Å²) in [5, 5.41) is 16.7. The van der Waals surface area contributed by atoms with Crippen molar-refractivity contribution in [2.75, 3.05) is 13.1 Å². The Morgan fingerprint density at radius 3 is 2.75 bits per heavy atom. The molecule has 0 saturated heterocycles. The van der Waals surface area contributed by atoms with Crippen LogP contribution in [0.1, 0.15) is 28.1 Å². The van der Waals surface area contributed by atoms with Crippen LogP contribution in [0.5, 0.6) is 5.75 Å². The van der Waals surface area contributed by atoms with E-state index in [2.05, 4.69) is 27.5 Å². The van der Waals surface area contributed by atoms with Crippen LogP contribution in [0, 0.1) is 19.7 Å². The second-order valence-electron chi connectivity index (χ2n) is 5.41. The molecule has 0 atom stereocenters. The van der Waals surface area contributed by atoms with Gasteiger partial charge in [-0.05, 0) is 38.5 Å². The van der Waals surface area contributed by atoms with Crippen LogP contribution >= 0.6 is 11.3 Å². The third-order valence-electron chi connectivity index (χ3n) is 3.48. The van der Waals surface area contributed by atoms with Gasteiger partial charge in [0, 0.05) is 24.4 Å². The molecule has 24 heavy (non-hydrogen) atoms. The molecule has 2 rings (SSSR count). The molecule has 7 heteroatoms. The number of benzene rings is 1. The monoisotopic (exact) mass is 350 g/mol. The van der Waals surface area contributed by atoms with Gasteiger partial charge in [0.2, 0.25) is 0 Å². The number of thiazole rings is 1. The molecule has 1 aromatic carbocycles. The summed E-state index contributed by atoms with van der Waals surface area (Å²) in [7, 11) is 0. The summed E-state index contributed by atoms with van der Waals surface area (Å²) in [6.07, 6.45) is 0.831. The molecule has 0 amide bonds. The van der Waals surface area contributed by atoms with Crippen LogP contribution in [0.15, 0.2) is 23.2 Å². The minimum atomic E-state index is -0.629. The van der Waals surface area contributed by atoms with E-state index in [1.54, 1.807) is 17.4 Å². The number of hydrogen-bond acceptors (Lipinski definition) is 4. The molecule has 0 saturated carbocycles. The van der Waals surface area contributed by atoms with Crippen LogP contribution in [0.2, 0.25) is 0 Å². The summed E-state index contributed by atoms with van der Waals surface area (Å²) in [5.74, 6) is -0.298. The molecule has 0 aliphatic rings. The molecule has 0 unspecified atom stereocenters. The van der Waals surface area contributed by atoms with Gasteiger partial charge in [0.05, 0.1) is 17.2 Å². The molecule has 0 fully saturated rings. The summed E-state index contributed by atoms with van der Waals surface area (Å²) >= 11 is 1.72. The highest BCUT2D eigenvalue weighted by atomic mass is 32.1. The van der Waals surface area contributed by atoms with Gasteiger partial charge in [0.25, 0.3) is 0 Å². The lowest BCUT2D eigenvalue weighted by molar-refractivity contribution is 0.432. The van der Waals surface area contributed by atoms with Gasteiger partial charge in [-0.3, -0.25) is 0 Å². The normalized spacial score (nSPS) is 11.6. The molecular weight excluding hydrogens is 327 g/mol. The van der Waals surface area contributed by atoms with Gasteiger partial charge in [0.1, 0.15) is 0 Å². The van der Waals surface area contributed by atoms with Crippen molar-refractivity contribution in [2.24, 2.45) is 4.99 Å². The Hall–Kier alpha value is -2.15. The van der Waals surface area contributed by atoms with Gasteiger partial charge < -0.3 is 15.7 Å². The molecule has 5 nitrogen and oxygen atoms in total. The fourth-order valence-electron chi connectivity index (χ4n) is 2.09. The molecule has 130 valence electrons. The van der Waals surface area contributed by atoms with E-state index >= 15 is 0 Å². The predicted molar refractivity (Wildman–Crippen MR) is 96.2 cm³/mol. The zero-order chi connectivity index (χ0) is 17.5. The largest absolute Gasteiger partial charge is 0.505 e. The Bertz CT molecular complexity index is 695. The number of aromatic hydroxyl groups is 1. The van der Waals surface area contributed by atoms with Gasteiger partial charge in [-0.1, -0.05) is 6.07 Å². The van der Waals surface area contributed by atoms with E-state index in [0.29, 0.717) is 18.1 Å². The predicted octanol–water partition coefficient (Wildman–Crippen LogP) is 2.90. The van der Waals surface area contributed by atoms with Crippen LogP contribution < -0.4 is 10.6 Å². The fraction of sp³-hybridized carbons (Fsp3) is 0.412. The van der Waals surface area contributed by atoms with Gasteiger partial charge in [-0.15, -0.1) is 11.3 Å². The number of nitrogens with zero attached hydrogens (tertiary/aromatic N) is 2. The van der Waals surface area contributed by atoms with Gasteiger partial charge in [-0.2, -0.15) is 0 Å². The average Bonchev–Trinajstić information content (AvgIpc) is 2.86. The molecule has 0 aliphatic heterocycles. The van der Waals surface area contributed by atoms with Crippen LogP contribution in [0.4, 0.5) is 4.39 Å². The van der Waals surface area contributed by atoms with E-state index in [-0.39, 0.29) is 5.75 Å². The summed E-state index contributed by atoms with van der Waals surface area (Å²) < 4.78 is 13.3. The highest BCUT2D eigenvalue weighted by Gasteiger charge is 2.05. The molecule has 2 aromatic rings. The van der Waals surface area contributed by atoms with Gasteiger partial charge in [-0.25, -0.2) is 14.4 Å². The summed E-state index contributed by atoms with van der Waals surface area (Å²) in [6.45, 7) is 7.89. The molecule has 0 bridgehead atoms. The van der Waals surface area contributed by atoms with Crippen molar-refractivity contribution >= 4 is 17.3 Å². The summed E-state index contributed by atoms with van der Waals surface area (Å²) in [5.41, 5.74) is 1.79. The van der Waals surface area contributed by atoms with Crippen molar-refractivity contribution in [3.05, 3.63) is 45.2 Å². The van der Waals surface area contributed by atoms with E-state index in [1.807, 2.05) is 13.8 Å². The van der Waals surface area contributed by atoms with Crippen molar-refractivity contribution < 1.29 is 9.50 Å². The Labute approximate surface area is 145 Å². The number of aryl methyl sites for hydroxylation is 2. The fourth-order valence-corrected chi connectivity index (χ4v) is 3.03. The number of hydrogen-bond donors (Lipinski definition) is 3. The Morgan fingerprint density at radius 2 is 2.12 bits per heavy atom. The first kappa shape index (κ1) is 18.2. The van der Waals surface area contributed by atoms with Crippen LogP contribution in [-0.4, -0.2) is 29.1 Å². The Kier molecular flexibility index (Phi) is 6.54. The lowest BCUT2D eigenvalue weighted by atomic mass is 10.2. The summed E-state index contributed by atoms with van der Waals surface area (Å²) in [6, 6.07) is 4.30. The lowest BCUT2D eigenvalue weighted by Gasteiger charge is -2.10. The van der Waals surface area contributed by atoms with E-state index < -0.39 is 5.82 Å².